The highest BCUT2D eigenvalue weighted by atomic mass is 35.5. The molecule has 3 nitrogen and oxygen atoms in total. The molecule has 0 saturated carbocycles. The summed E-state index contributed by atoms with van der Waals surface area (Å²) in [6.07, 6.45) is 0. The van der Waals surface area contributed by atoms with Crippen molar-refractivity contribution in [3.8, 4) is 0 Å². The summed E-state index contributed by atoms with van der Waals surface area (Å²) in [6.45, 7) is 3.86. The second-order valence-corrected chi connectivity index (χ2v) is 5.62. The van der Waals surface area contributed by atoms with Crippen LogP contribution in [-0.2, 0) is 0 Å². The Morgan fingerprint density at radius 2 is 1.90 bits per heavy atom. The minimum atomic E-state index is -0.0878. The van der Waals surface area contributed by atoms with Crippen LogP contribution in [0.5, 0.6) is 0 Å². The maximum atomic E-state index is 12.7. The smallest absolute Gasteiger partial charge is 0.256 e. The van der Waals surface area contributed by atoms with Gasteiger partial charge in [-0.05, 0) is 43.2 Å². The van der Waals surface area contributed by atoms with Crippen LogP contribution in [0.3, 0.4) is 0 Å². The quantitative estimate of drug-likeness (QED) is 0.869. The van der Waals surface area contributed by atoms with Crippen molar-refractivity contribution in [2.45, 2.75) is 19.9 Å². The lowest BCUT2D eigenvalue weighted by atomic mass is 10.0. The van der Waals surface area contributed by atoms with Crippen molar-refractivity contribution >= 4 is 23.2 Å². The van der Waals surface area contributed by atoms with E-state index in [0.29, 0.717) is 16.3 Å². The Kier molecular flexibility index (Phi) is 4.53. The number of aryl methyl sites for hydroxylation is 1. The van der Waals surface area contributed by atoms with E-state index in [-0.39, 0.29) is 11.9 Å². The molecule has 0 saturated heterocycles. The van der Waals surface area contributed by atoms with Crippen LogP contribution in [0.2, 0.25) is 5.02 Å². The van der Waals surface area contributed by atoms with E-state index >= 15 is 0 Å². The van der Waals surface area contributed by atoms with Crippen LogP contribution < -0.4 is 5.73 Å². The summed E-state index contributed by atoms with van der Waals surface area (Å²) >= 11 is 6.02. The first-order valence-corrected chi connectivity index (χ1v) is 7.17. The molecule has 2 aromatic rings. The van der Waals surface area contributed by atoms with Crippen LogP contribution in [0.25, 0.3) is 0 Å². The second kappa shape index (κ2) is 6.19. The Morgan fingerprint density at radius 1 is 1.24 bits per heavy atom. The van der Waals surface area contributed by atoms with Crippen molar-refractivity contribution in [2.24, 2.45) is 0 Å². The second-order valence-electron chi connectivity index (χ2n) is 5.19. The van der Waals surface area contributed by atoms with E-state index in [9.17, 15) is 4.79 Å². The zero-order valence-corrected chi connectivity index (χ0v) is 13.2. The molecule has 2 rings (SSSR count). The van der Waals surface area contributed by atoms with Crippen LogP contribution in [-0.4, -0.2) is 17.9 Å². The monoisotopic (exact) mass is 302 g/mol. The van der Waals surface area contributed by atoms with Gasteiger partial charge in [0.15, 0.2) is 0 Å². The predicted octanol–water partition coefficient (Wildman–Crippen LogP) is 4.06. The lowest BCUT2D eigenvalue weighted by molar-refractivity contribution is 0.0743. The molecule has 0 bridgehead atoms. The summed E-state index contributed by atoms with van der Waals surface area (Å²) in [7, 11) is 1.78. The first-order chi connectivity index (χ1) is 9.91. The highest BCUT2D eigenvalue weighted by molar-refractivity contribution is 6.30. The number of nitrogens with zero attached hydrogens (tertiary/aromatic N) is 1. The Morgan fingerprint density at radius 3 is 2.52 bits per heavy atom. The number of rotatable bonds is 3. The Bertz CT molecular complexity index is 649. The van der Waals surface area contributed by atoms with E-state index in [2.05, 4.69) is 0 Å². The summed E-state index contributed by atoms with van der Waals surface area (Å²) in [5.74, 6) is -0.0851. The number of hydrogen-bond donors (Lipinski definition) is 1. The van der Waals surface area contributed by atoms with Gasteiger partial charge >= 0.3 is 0 Å². The fourth-order valence-corrected chi connectivity index (χ4v) is 2.52. The molecule has 0 spiro atoms. The third-order valence-corrected chi connectivity index (χ3v) is 3.99. The zero-order valence-electron chi connectivity index (χ0n) is 12.4. The number of hydrogen-bond acceptors (Lipinski definition) is 2. The number of carbonyl (C=O) groups is 1. The number of carbonyl (C=O) groups excluding carboxylic acids is 1. The molecular weight excluding hydrogens is 284 g/mol. The van der Waals surface area contributed by atoms with Gasteiger partial charge in [0.05, 0.1) is 11.6 Å². The lowest BCUT2D eigenvalue weighted by Crippen LogP contribution is -2.30. The van der Waals surface area contributed by atoms with Crippen molar-refractivity contribution in [1.29, 1.82) is 0 Å². The highest BCUT2D eigenvalue weighted by Crippen LogP contribution is 2.26. The van der Waals surface area contributed by atoms with Gasteiger partial charge in [0, 0.05) is 17.8 Å². The number of benzene rings is 2. The summed E-state index contributed by atoms with van der Waals surface area (Å²) in [5.41, 5.74) is 8.89. The van der Waals surface area contributed by atoms with Gasteiger partial charge < -0.3 is 10.6 Å². The van der Waals surface area contributed by atoms with E-state index in [1.165, 1.54) is 0 Å². The molecule has 1 amide bonds. The van der Waals surface area contributed by atoms with E-state index in [4.69, 9.17) is 17.3 Å². The Hall–Kier alpha value is -2.00. The first-order valence-electron chi connectivity index (χ1n) is 6.79. The van der Waals surface area contributed by atoms with E-state index in [1.807, 2.05) is 50.2 Å². The van der Waals surface area contributed by atoms with Crippen molar-refractivity contribution in [2.75, 3.05) is 12.8 Å². The number of nitrogens with two attached hydrogens (primary N) is 1. The molecule has 4 heteroatoms. The van der Waals surface area contributed by atoms with E-state index < -0.39 is 0 Å². The molecule has 21 heavy (non-hydrogen) atoms. The van der Waals surface area contributed by atoms with Gasteiger partial charge in [-0.2, -0.15) is 0 Å². The number of halogens is 1. The maximum absolute atomic E-state index is 12.7. The fraction of sp³-hybridized carbons (Fsp3) is 0.235. The van der Waals surface area contributed by atoms with Crippen molar-refractivity contribution in [1.82, 2.24) is 4.90 Å². The van der Waals surface area contributed by atoms with Gasteiger partial charge in [-0.15, -0.1) is 0 Å². The molecule has 110 valence electrons. The SMILES string of the molecule is Cc1cccc(N)c1C(=O)N(C)C(C)c1cccc(Cl)c1. The third kappa shape index (κ3) is 3.19. The molecule has 0 fully saturated rings. The van der Waals surface area contributed by atoms with Crippen LogP contribution in [0.15, 0.2) is 42.5 Å². The normalized spacial score (nSPS) is 12.0. The molecule has 0 aliphatic heterocycles. The largest absolute Gasteiger partial charge is 0.398 e. The van der Waals surface area contributed by atoms with E-state index in [1.54, 1.807) is 18.0 Å². The zero-order chi connectivity index (χ0) is 15.6. The Balaban J connectivity index is 2.31. The van der Waals surface area contributed by atoms with E-state index in [0.717, 1.165) is 11.1 Å². The van der Waals surface area contributed by atoms with Crippen LogP contribution in [0.1, 0.15) is 34.5 Å². The molecule has 1 unspecified atom stereocenters. The maximum Gasteiger partial charge on any atom is 0.256 e. The molecule has 0 radical (unpaired) electrons. The van der Waals surface area contributed by atoms with Crippen LogP contribution in [0, 0.1) is 6.92 Å². The Labute approximate surface area is 130 Å². The van der Waals surface area contributed by atoms with Crippen molar-refractivity contribution in [3.63, 3.8) is 0 Å². The average molecular weight is 303 g/mol. The van der Waals surface area contributed by atoms with Gasteiger partial charge in [-0.25, -0.2) is 0 Å². The van der Waals surface area contributed by atoms with Gasteiger partial charge in [0.1, 0.15) is 0 Å². The van der Waals surface area contributed by atoms with Gasteiger partial charge in [-0.1, -0.05) is 35.9 Å². The fourth-order valence-electron chi connectivity index (χ4n) is 2.32. The number of nitrogen functional groups attached to an aromatic ring is 1. The third-order valence-electron chi connectivity index (χ3n) is 3.75. The topological polar surface area (TPSA) is 46.3 Å². The summed E-state index contributed by atoms with van der Waals surface area (Å²) in [4.78, 5) is 14.4. The van der Waals surface area contributed by atoms with Gasteiger partial charge in [-0.3, -0.25) is 4.79 Å². The highest BCUT2D eigenvalue weighted by Gasteiger charge is 2.22. The van der Waals surface area contributed by atoms with Crippen LogP contribution in [0.4, 0.5) is 5.69 Å². The number of anilines is 1. The van der Waals surface area contributed by atoms with Crippen molar-refractivity contribution < 1.29 is 4.79 Å². The summed E-state index contributed by atoms with van der Waals surface area (Å²) < 4.78 is 0. The molecule has 1 atom stereocenters. The summed E-state index contributed by atoms with van der Waals surface area (Å²) in [6, 6.07) is 12.9. The minimum Gasteiger partial charge on any atom is -0.398 e. The molecule has 2 aromatic carbocycles. The molecule has 0 aliphatic rings. The van der Waals surface area contributed by atoms with Gasteiger partial charge in [0.2, 0.25) is 0 Å². The molecule has 2 N–H and O–H groups in total. The van der Waals surface area contributed by atoms with Crippen LogP contribution >= 0.6 is 11.6 Å². The predicted molar refractivity (Wildman–Crippen MR) is 87.6 cm³/mol. The molecule has 0 heterocycles. The molecular formula is C17H19ClN2O. The van der Waals surface area contributed by atoms with Gasteiger partial charge in [0.25, 0.3) is 5.91 Å². The molecule has 0 aliphatic carbocycles. The number of amides is 1. The average Bonchev–Trinajstić information content (AvgIpc) is 2.45. The molecule has 0 aromatic heterocycles. The first kappa shape index (κ1) is 15.4. The lowest BCUT2D eigenvalue weighted by Gasteiger charge is -2.26. The van der Waals surface area contributed by atoms with Crippen molar-refractivity contribution in [3.05, 3.63) is 64.2 Å². The summed E-state index contributed by atoms with van der Waals surface area (Å²) in [5, 5.41) is 0.663. The minimum absolute atomic E-state index is 0.0851. The standard InChI is InChI=1S/C17H19ClN2O/c1-11-6-4-9-15(19)16(11)17(21)20(3)12(2)13-7-5-8-14(18)10-13/h4-10,12H,19H2,1-3H3.